The summed E-state index contributed by atoms with van der Waals surface area (Å²) in [5, 5.41) is 3.49. The molecular weight excluding hydrogens is 210 g/mol. The first kappa shape index (κ1) is 11.7. The van der Waals surface area contributed by atoms with Crippen LogP contribution in [0.1, 0.15) is 37.3 Å². The number of hydrogen-bond donors (Lipinski definition) is 1. The van der Waals surface area contributed by atoms with E-state index in [-0.39, 0.29) is 12.1 Å². The van der Waals surface area contributed by atoms with E-state index in [9.17, 15) is 0 Å². The maximum Gasteiger partial charge on any atom is 0.0570 e. The molecule has 0 aromatic carbocycles. The summed E-state index contributed by atoms with van der Waals surface area (Å²) < 4.78 is 0. The minimum Gasteiger partial charge on any atom is -0.301 e. The number of nitrogens with one attached hydrogen (secondary N) is 1. The van der Waals surface area contributed by atoms with E-state index >= 15 is 0 Å². The number of rotatable bonds is 4. The Hall–Kier alpha value is -1.74. The van der Waals surface area contributed by atoms with Crippen molar-refractivity contribution >= 4 is 0 Å². The van der Waals surface area contributed by atoms with Gasteiger partial charge in [-0.3, -0.25) is 9.97 Å². The molecule has 2 atom stereocenters. The summed E-state index contributed by atoms with van der Waals surface area (Å²) in [6.45, 7) is 4.23. The van der Waals surface area contributed by atoms with E-state index in [0.29, 0.717) is 0 Å². The molecule has 2 aromatic heterocycles. The van der Waals surface area contributed by atoms with Crippen molar-refractivity contribution in [1.82, 2.24) is 15.3 Å². The van der Waals surface area contributed by atoms with E-state index in [2.05, 4.69) is 29.1 Å². The molecule has 88 valence electrons. The van der Waals surface area contributed by atoms with Crippen LogP contribution in [-0.2, 0) is 0 Å². The summed E-state index contributed by atoms with van der Waals surface area (Å²) in [6.07, 6.45) is 3.64. The third-order valence-corrected chi connectivity index (χ3v) is 2.76. The molecule has 0 aliphatic carbocycles. The van der Waals surface area contributed by atoms with E-state index in [4.69, 9.17) is 0 Å². The molecule has 2 aromatic rings. The van der Waals surface area contributed by atoms with Gasteiger partial charge in [0, 0.05) is 24.5 Å². The molecule has 0 saturated heterocycles. The second-order valence-electron chi connectivity index (χ2n) is 4.12. The minimum absolute atomic E-state index is 0.216. The molecule has 17 heavy (non-hydrogen) atoms. The lowest BCUT2D eigenvalue weighted by Gasteiger charge is -2.19. The Labute approximate surface area is 102 Å². The van der Waals surface area contributed by atoms with Crippen LogP contribution in [0.5, 0.6) is 0 Å². The van der Waals surface area contributed by atoms with E-state index in [1.807, 2.05) is 48.8 Å². The Morgan fingerprint density at radius 2 is 1.29 bits per heavy atom. The van der Waals surface area contributed by atoms with Crippen LogP contribution in [0.25, 0.3) is 0 Å². The Balaban J connectivity index is 2.02. The highest BCUT2D eigenvalue weighted by Gasteiger charge is 2.11. The van der Waals surface area contributed by atoms with E-state index in [1.165, 1.54) is 0 Å². The molecular formula is C14H17N3. The van der Waals surface area contributed by atoms with Crippen molar-refractivity contribution in [2.45, 2.75) is 25.9 Å². The second kappa shape index (κ2) is 5.55. The average Bonchev–Trinajstić information content (AvgIpc) is 2.40. The summed E-state index contributed by atoms with van der Waals surface area (Å²) in [6, 6.07) is 12.4. The molecule has 2 heterocycles. The van der Waals surface area contributed by atoms with Gasteiger partial charge >= 0.3 is 0 Å². The molecule has 0 aliphatic rings. The van der Waals surface area contributed by atoms with Gasteiger partial charge < -0.3 is 5.32 Å². The zero-order valence-electron chi connectivity index (χ0n) is 10.2. The van der Waals surface area contributed by atoms with Crippen LogP contribution in [-0.4, -0.2) is 9.97 Å². The highest BCUT2D eigenvalue weighted by molar-refractivity contribution is 5.11. The number of nitrogens with zero attached hydrogens (tertiary/aromatic N) is 2. The standard InChI is InChI=1S/C14H17N3/c1-11(13-7-3-5-9-15-13)17-12(2)14-8-4-6-10-16-14/h3-12,17H,1-2H3/t11-,12?/m0/s1. The first-order valence-electron chi connectivity index (χ1n) is 5.85. The Morgan fingerprint density at radius 3 is 1.65 bits per heavy atom. The lowest BCUT2D eigenvalue weighted by molar-refractivity contribution is 0.478. The molecule has 0 fully saturated rings. The fourth-order valence-electron chi connectivity index (χ4n) is 1.81. The highest BCUT2D eigenvalue weighted by Crippen LogP contribution is 2.15. The normalized spacial score (nSPS) is 14.2. The average molecular weight is 227 g/mol. The van der Waals surface area contributed by atoms with Crippen molar-refractivity contribution in [2.24, 2.45) is 0 Å². The van der Waals surface area contributed by atoms with Gasteiger partial charge in [0.15, 0.2) is 0 Å². The van der Waals surface area contributed by atoms with Crippen LogP contribution in [0.4, 0.5) is 0 Å². The smallest absolute Gasteiger partial charge is 0.0570 e. The Kier molecular flexibility index (Phi) is 3.83. The molecule has 3 heteroatoms. The first-order chi connectivity index (χ1) is 8.27. The second-order valence-corrected chi connectivity index (χ2v) is 4.12. The SMILES string of the molecule is CC(N[C@@H](C)c1ccccn1)c1ccccn1. The maximum absolute atomic E-state index is 4.34. The summed E-state index contributed by atoms with van der Waals surface area (Å²) in [7, 11) is 0. The summed E-state index contributed by atoms with van der Waals surface area (Å²) in [5.74, 6) is 0. The zero-order chi connectivity index (χ0) is 12.1. The summed E-state index contributed by atoms with van der Waals surface area (Å²) in [5.41, 5.74) is 2.10. The van der Waals surface area contributed by atoms with Crippen molar-refractivity contribution in [1.29, 1.82) is 0 Å². The molecule has 0 radical (unpaired) electrons. The van der Waals surface area contributed by atoms with E-state index in [1.54, 1.807) is 0 Å². The van der Waals surface area contributed by atoms with Crippen molar-refractivity contribution < 1.29 is 0 Å². The van der Waals surface area contributed by atoms with Crippen LogP contribution in [0.2, 0.25) is 0 Å². The molecule has 0 aliphatic heterocycles. The fraction of sp³-hybridized carbons (Fsp3) is 0.286. The fourth-order valence-corrected chi connectivity index (χ4v) is 1.81. The van der Waals surface area contributed by atoms with Crippen LogP contribution < -0.4 is 5.32 Å². The quantitative estimate of drug-likeness (QED) is 0.872. The van der Waals surface area contributed by atoms with Crippen LogP contribution in [0.3, 0.4) is 0 Å². The summed E-state index contributed by atoms with van der Waals surface area (Å²) >= 11 is 0. The van der Waals surface area contributed by atoms with Crippen LogP contribution >= 0.6 is 0 Å². The lowest BCUT2D eigenvalue weighted by Crippen LogP contribution is -2.23. The molecule has 2 rings (SSSR count). The van der Waals surface area contributed by atoms with E-state index in [0.717, 1.165) is 11.4 Å². The van der Waals surface area contributed by atoms with Crippen LogP contribution in [0.15, 0.2) is 48.8 Å². The molecule has 0 spiro atoms. The van der Waals surface area contributed by atoms with Gasteiger partial charge in [0.05, 0.1) is 11.4 Å². The van der Waals surface area contributed by atoms with Gasteiger partial charge in [-0.25, -0.2) is 0 Å². The largest absolute Gasteiger partial charge is 0.301 e. The predicted molar refractivity (Wildman–Crippen MR) is 68.4 cm³/mol. The highest BCUT2D eigenvalue weighted by atomic mass is 15.0. The molecule has 1 N–H and O–H groups in total. The van der Waals surface area contributed by atoms with Crippen molar-refractivity contribution in [3.05, 3.63) is 60.2 Å². The minimum atomic E-state index is 0.216. The van der Waals surface area contributed by atoms with Crippen LogP contribution in [0, 0.1) is 0 Å². The lowest BCUT2D eigenvalue weighted by atomic mass is 10.1. The van der Waals surface area contributed by atoms with Gasteiger partial charge in [0.2, 0.25) is 0 Å². The van der Waals surface area contributed by atoms with Gasteiger partial charge in [-0.05, 0) is 38.1 Å². The van der Waals surface area contributed by atoms with Gasteiger partial charge in [0.1, 0.15) is 0 Å². The number of hydrogen-bond acceptors (Lipinski definition) is 3. The van der Waals surface area contributed by atoms with Gasteiger partial charge in [-0.2, -0.15) is 0 Å². The maximum atomic E-state index is 4.34. The summed E-state index contributed by atoms with van der Waals surface area (Å²) in [4.78, 5) is 8.68. The predicted octanol–water partition coefficient (Wildman–Crippen LogP) is 2.89. The van der Waals surface area contributed by atoms with Crippen molar-refractivity contribution in [3.8, 4) is 0 Å². The molecule has 0 amide bonds. The Bertz CT molecular complexity index is 398. The van der Waals surface area contributed by atoms with Crippen molar-refractivity contribution in [3.63, 3.8) is 0 Å². The molecule has 1 unspecified atom stereocenters. The van der Waals surface area contributed by atoms with E-state index < -0.39 is 0 Å². The topological polar surface area (TPSA) is 37.8 Å². The number of aromatic nitrogens is 2. The zero-order valence-corrected chi connectivity index (χ0v) is 10.2. The van der Waals surface area contributed by atoms with Crippen molar-refractivity contribution in [2.75, 3.05) is 0 Å². The monoisotopic (exact) mass is 227 g/mol. The molecule has 0 saturated carbocycles. The van der Waals surface area contributed by atoms with Gasteiger partial charge in [-0.15, -0.1) is 0 Å². The Morgan fingerprint density at radius 1 is 0.824 bits per heavy atom. The molecule has 3 nitrogen and oxygen atoms in total. The van der Waals surface area contributed by atoms with Gasteiger partial charge in [0.25, 0.3) is 0 Å². The molecule has 0 bridgehead atoms. The first-order valence-corrected chi connectivity index (χ1v) is 5.85. The number of pyridine rings is 2. The third-order valence-electron chi connectivity index (χ3n) is 2.76. The van der Waals surface area contributed by atoms with Gasteiger partial charge in [-0.1, -0.05) is 12.1 Å². The third kappa shape index (κ3) is 3.11.